The average molecular weight is 314 g/mol. The predicted octanol–water partition coefficient (Wildman–Crippen LogP) is 7.05. The molecular formula is C24H26. The minimum atomic E-state index is 1.41. The van der Waals surface area contributed by atoms with Crippen molar-refractivity contribution in [1.29, 1.82) is 0 Å². The zero-order valence-corrected chi connectivity index (χ0v) is 16.2. The summed E-state index contributed by atoms with van der Waals surface area (Å²) in [6, 6.07) is 4.85. The van der Waals surface area contributed by atoms with Gasteiger partial charge in [0.25, 0.3) is 0 Å². The minimum absolute atomic E-state index is 1.41. The number of benzene rings is 4. The van der Waals surface area contributed by atoms with E-state index in [-0.39, 0.29) is 0 Å². The second kappa shape index (κ2) is 4.72. The van der Waals surface area contributed by atoms with Crippen LogP contribution in [0.5, 0.6) is 0 Å². The van der Waals surface area contributed by atoms with E-state index in [1.165, 1.54) is 76.8 Å². The molecule has 0 fully saturated rings. The summed E-state index contributed by atoms with van der Waals surface area (Å²) in [6.07, 6.45) is 0. The van der Waals surface area contributed by atoms with Gasteiger partial charge in [0, 0.05) is 0 Å². The molecule has 0 aliphatic carbocycles. The summed E-state index contributed by atoms with van der Waals surface area (Å²) in [4.78, 5) is 0. The summed E-state index contributed by atoms with van der Waals surface area (Å²) in [5, 5.41) is 8.78. The molecule has 0 N–H and O–H groups in total. The van der Waals surface area contributed by atoms with Crippen molar-refractivity contribution < 1.29 is 0 Å². The summed E-state index contributed by atoms with van der Waals surface area (Å²) in [7, 11) is 0. The molecule has 0 unspecified atom stereocenters. The van der Waals surface area contributed by atoms with Crippen molar-refractivity contribution in [3.05, 3.63) is 56.6 Å². The van der Waals surface area contributed by atoms with Gasteiger partial charge in [-0.3, -0.25) is 0 Å². The molecule has 0 aromatic heterocycles. The SMILES string of the molecule is Cc1c(C)c2cc(C)c3c(C)c(C)c(C)c4cc(C)c(c1C)c2c43. The van der Waals surface area contributed by atoms with Crippen LogP contribution in [0.15, 0.2) is 12.1 Å². The first-order valence-corrected chi connectivity index (χ1v) is 8.90. The van der Waals surface area contributed by atoms with Gasteiger partial charge < -0.3 is 0 Å². The molecular weight excluding hydrogens is 288 g/mol. The lowest BCUT2D eigenvalue weighted by Crippen LogP contribution is -2.00. The van der Waals surface area contributed by atoms with Crippen molar-refractivity contribution >= 4 is 32.3 Å². The Morgan fingerprint density at radius 2 is 0.708 bits per heavy atom. The van der Waals surface area contributed by atoms with Crippen molar-refractivity contribution in [2.45, 2.75) is 55.4 Å². The molecule has 0 heterocycles. The quantitative estimate of drug-likeness (QED) is 0.305. The molecule has 0 saturated carbocycles. The molecule has 0 aliphatic rings. The van der Waals surface area contributed by atoms with Crippen LogP contribution in [0.25, 0.3) is 32.3 Å². The van der Waals surface area contributed by atoms with E-state index in [1.54, 1.807) is 0 Å². The van der Waals surface area contributed by atoms with Crippen LogP contribution in [-0.4, -0.2) is 0 Å². The molecule has 0 aliphatic heterocycles. The summed E-state index contributed by atoms with van der Waals surface area (Å²) in [5.41, 5.74) is 11.5. The van der Waals surface area contributed by atoms with Crippen molar-refractivity contribution in [3.8, 4) is 0 Å². The van der Waals surface area contributed by atoms with E-state index >= 15 is 0 Å². The van der Waals surface area contributed by atoms with Crippen LogP contribution in [0.1, 0.15) is 44.5 Å². The Morgan fingerprint density at radius 3 is 1.04 bits per heavy atom. The second-order valence-electron chi connectivity index (χ2n) is 7.73. The predicted molar refractivity (Wildman–Crippen MR) is 108 cm³/mol. The van der Waals surface area contributed by atoms with Gasteiger partial charge >= 0.3 is 0 Å². The van der Waals surface area contributed by atoms with E-state index in [1.807, 2.05) is 0 Å². The fourth-order valence-electron chi connectivity index (χ4n) is 4.80. The Kier molecular flexibility index (Phi) is 3.04. The first-order chi connectivity index (χ1) is 11.3. The smallest absolute Gasteiger partial charge is 0.00182 e. The molecule has 24 heavy (non-hydrogen) atoms. The third-order valence-electron chi connectivity index (χ3n) is 6.61. The highest BCUT2D eigenvalue weighted by Crippen LogP contribution is 2.44. The topological polar surface area (TPSA) is 0 Å². The Bertz CT molecular complexity index is 1060. The molecule has 4 rings (SSSR count). The Balaban J connectivity index is 2.54. The zero-order chi connectivity index (χ0) is 17.5. The monoisotopic (exact) mass is 314 g/mol. The van der Waals surface area contributed by atoms with Crippen molar-refractivity contribution in [1.82, 2.24) is 0 Å². The normalized spacial score (nSPS) is 12.2. The number of hydrogen-bond acceptors (Lipinski definition) is 0. The fraction of sp³-hybridized carbons (Fsp3) is 0.333. The first kappa shape index (κ1) is 15.4. The molecule has 0 bridgehead atoms. The highest BCUT2D eigenvalue weighted by Gasteiger charge is 2.20. The summed E-state index contributed by atoms with van der Waals surface area (Å²) in [5.74, 6) is 0. The molecule has 0 radical (unpaired) electrons. The van der Waals surface area contributed by atoms with Crippen LogP contribution in [0.4, 0.5) is 0 Å². The number of rotatable bonds is 0. The lowest BCUT2D eigenvalue weighted by Gasteiger charge is -2.23. The van der Waals surface area contributed by atoms with Crippen LogP contribution in [-0.2, 0) is 0 Å². The van der Waals surface area contributed by atoms with Crippen LogP contribution in [0.2, 0.25) is 0 Å². The van der Waals surface area contributed by atoms with Crippen LogP contribution in [0, 0.1) is 55.4 Å². The number of aryl methyl sites for hydroxylation is 6. The van der Waals surface area contributed by atoms with E-state index < -0.39 is 0 Å². The Labute approximate surface area is 144 Å². The van der Waals surface area contributed by atoms with E-state index in [4.69, 9.17) is 0 Å². The maximum Gasteiger partial charge on any atom is -0.00182 e. The average Bonchev–Trinajstić information content (AvgIpc) is 2.54. The summed E-state index contributed by atoms with van der Waals surface area (Å²) >= 11 is 0. The van der Waals surface area contributed by atoms with Crippen LogP contribution >= 0.6 is 0 Å². The maximum atomic E-state index is 2.42. The van der Waals surface area contributed by atoms with E-state index in [0.717, 1.165) is 0 Å². The van der Waals surface area contributed by atoms with Gasteiger partial charge in [0.05, 0.1) is 0 Å². The van der Waals surface area contributed by atoms with Gasteiger partial charge in [0.15, 0.2) is 0 Å². The second-order valence-corrected chi connectivity index (χ2v) is 7.73. The summed E-state index contributed by atoms with van der Waals surface area (Å²) < 4.78 is 0. The fourth-order valence-corrected chi connectivity index (χ4v) is 4.80. The van der Waals surface area contributed by atoms with Gasteiger partial charge in [-0.05, 0) is 132 Å². The zero-order valence-electron chi connectivity index (χ0n) is 16.2. The molecule has 0 amide bonds. The molecule has 0 saturated heterocycles. The molecule has 0 heteroatoms. The molecule has 0 nitrogen and oxygen atoms in total. The Morgan fingerprint density at radius 1 is 0.375 bits per heavy atom. The maximum absolute atomic E-state index is 2.42. The molecule has 4 aromatic carbocycles. The lowest BCUT2D eigenvalue weighted by atomic mass is 9.80. The highest BCUT2D eigenvalue weighted by atomic mass is 14.2. The van der Waals surface area contributed by atoms with Gasteiger partial charge in [0.1, 0.15) is 0 Å². The van der Waals surface area contributed by atoms with E-state index in [0.29, 0.717) is 0 Å². The van der Waals surface area contributed by atoms with Crippen molar-refractivity contribution in [3.63, 3.8) is 0 Å². The highest BCUT2D eigenvalue weighted by molar-refractivity contribution is 6.27. The van der Waals surface area contributed by atoms with E-state index in [2.05, 4.69) is 67.5 Å². The van der Waals surface area contributed by atoms with E-state index in [9.17, 15) is 0 Å². The third kappa shape index (κ3) is 1.64. The molecule has 0 atom stereocenters. The first-order valence-electron chi connectivity index (χ1n) is 8.90. The minimum Gasteiger partial charge on any atom is -0.0505 e. The van der Waals surface area contributed by atoms with Gasteiger partial charge in [-0.25, -0.2) is 0 Å². The third-order valence-corrected chi connectivity index (χ3v) is 6.61. The summed E-state index contributed by atoms with van der Waals surface area (Å²) in [6.45, 7) is 18.3. The molecule has 0 spiro atoms. The van der Waals surface area contributed by atoms with Gasteiger partial charge in [-0.15, -0.1) is 0 Å². The largest absolute Gasteiger partial charge is 0.0505 e. The van der Waals surface area contributed by atoms with Crippen LogP contribution in [0.3, 0.4) is 0 Å². The van der Waals surface area contributed by atoms with Gasteiger partial charge in [0.2, 0.25) is 0 Å². The molecule has 122 valence electrons. The standard InChI is InChI=1S/C24H26/c1-11-9-19-15(5)14(4)18(8)22-12(2)10-20-16(6)13(3)17(7)21(11)23(20)24(19)22/h9-10H,1-8H3. The lowest BCUT2D eigenvalue weighted by molar-refractivity contribution is 1.29. The Hall–Kier alpha value is -2.08. The van der Waals surface area contributed by atoms with Crippen LogP contribution < -0.4 is 0 Å². The van der Waals surface area contributed by atoms with Crippen molar-refractivity contribution in [2.75, 3.05) is 0 Å². The molecule has 4 aromatic rings. The van der Waals surface area contributed by atoms with Gasteiger partial charge in [-0.1, -0.05) is 12.1 Å². The number of hydrogen-bond donors (Lipinski definition) is 0. The van der Waals surface area contributed by atoms with Crippen molar-refractivity contribution in [2.24, 2.45) is 0 Å². The van der Waals surface area contributed by atoms with Gasteiger partial charge in [-0.2, -0.15) is 0 Å².